The monoisotopic (exact) mass is 420 g/mol. The zero-order valence-electron chi connectivity index (χ0n) is 16.3. The molecular formula is C20H24N2O6S. The Balaban J connectivity index is 0.000000321. The minimum Gasteiger partial charge on any atom is -0.478 e. The SMILES string of the molecule is CC(C)N1CCC(c2cc3cc([N+](=O)[O-])ccc3s2)CC1.O=C(O)/C=C\C(=O)O. The number of rotatable bonds is 5. The summed E-state index contributed by atoms with van der Waals surface area (Å²) in [5.41, 5.74) is 0.182. The van der Waals surface area contributed by atoms with Gasteiger partial charge >= 0.3 is 11.9 Å². The number of fused-ring (bicyclic) bond motifs is 1. The van der Waals surface area contributed by atoms with Crippen LogP contribution in [0.15, 0.2) is 36.4 Å². The van der Waals surface area contributed by atoms with Gasteiger partial charge in [0.05, 0.1) is 4.92 Å². The zero-order chi connectivity index (χ0) is 21.6. The zero-order valence-corrected chi connectivity index (χ0v) is 17.1. The fourth-order valence-corrected chi connectivity index (χ4v) is 4.42. The number of nitro groups is 1. The van der Waals surface area contributed by atoms with Crippen LogP contribution in [0.25, 0.3) is 10.1 Å². The Morgan fingerprint density at radius 3 is 2.24 bits per heavy atom. The highest BCUT2D eigenvalue weighted by atomic mass is 32.1. The fourth-order valence-electron chi connectivity index (χ4n) is 3.21. The summed E-state index contributed by atoms with van der Waals surface area (Å²) in [5.74, 6) is -1.91. The van der Waals surface area contributed by atoms with E-state index >= 15 is 0 Å². The highest BCUT2D eigenvalue weighted by molar-refractivity contribution is 7.19. The van der Waals surface area contributed by atoms with E-state index in [1.807, 2.05) is 6.07 Å². The number of hydrogen-bond donors (Lipinski definition) is 2. The van der Waals surface area contributed by atoms with Gasteiger partial charge < -0.3 is 15.1 Å². The lowest BCUT2D eigenvalue weighted by molar-refractivity contribution is -0.384. The number of benzene rings is 1. The van der Waals surface area contributed by atoms with Crippen molar-refractivity contribution in [1.82, 2.24) is 4.90 Å². The molecule has 0 saturated carbocycles. The maximum atomic E-state index is 10.9. The summed E-state index contributed by atoms with van der Waals surface area (Å²) >= 11 is 1.79. The molecule has 9 heteroatoms. The van der Waals surface area contributed by atoms with Gasteiger partial charge in [0, 0.05) is 39.9 Å². The molecule has 0 unspecified atom stereocenters. The molecule has 1 aromatic carbocycles. The van der Waals surface area contributed by atoms with Crippen molar-refractivity contribution >= 4 is 39.0 Å². The van der Waals surface area contributed by atoms with Gasteiger partial charge in [-0.15, -0.1) is 11.3 Å². The number of non-ortho nitro benzene ring substituents is 1. The molecule has 1 aliphatic rings. The molecule has 156 valence electrons. The molecule has 0 bridgehead atoms. The van der Waals surface area contributed by atoms with Crippen LogP contribution in [0.5, 0.6) is 0 Å². The van der Waals surface area contributed by atoms with Gasteiger partial charge in [-0.1, -0.05) is 0 Å². The summed E-state index contributed by atoms with van der Waals surface area (Å²) in [6.07, 6.45) is 3.49. The normalized spacial score (nSPS) is 15.4. The standard InChI is InChI=1S/C16H20N2O2S.C4H4O4/c1-11(2)17-7-5-12(6-8-17)16-10-13-9-14(18(19)20)3-4-15(13)21-16;5-3(6)1-2-4(7)8/h3-4,9-12H,5-8H2,1-2H3;1-2H,(H,5,6)(H,7,8)/b;2-1-. The summed E-state index contributed by atoms with van der Waals surface area (Å²) in [6.45, 7) is 6.80. The van der Waals surface area contributed by atoms with Crippen LogP contribution in [0.2, 0.25) is 0 Å². The van der Waals surface area contributed by atoms with Crippen LogP contribution in [0.3, 0.4) is 0 Å². The van der Waals surface area contributed by atoms with E-state index in [2.05, 4.69) is 24.8 Å². The van der Waals surface area contributed by atoms with Crippen molar-refractivity contribution in [2.75, 3.05) is 13.1 Å². The largest absolute Gasteiger partial charge is 0.478 e. The van der Waals surface area contributed by atoms with Gasteiger partial charge in [0.25, 0.3) is 5.69 Å². The van der Waals surface area contributed by atoms with E-state index < -0.39 is 11.9 Å². The number of likely N-dealkylation sites (tertiary alicyclic amines) is 1. The molecule has 29 heavy (non-hydrogen) atoms. The average molecular weight is 420 g/mol. The first-order valence-electron chi connectivity index (χ1n) is 9.23. The minimum atomic E-state index is -1.26. The smallest absolute Gasteiger partial charge is 0.328 e. The number of piperidine rings is 1. The van der Waals surface area contributed by atoms with Crippen LogP contribution in [-0.4, -0.2) is 51.1 Å². The number of aliphatic carboxylic acids is 2. The number of nitrogens with zero attached hydrogens (tertiary/aromatic N) is 2. The molecule has 0 radical (unpaired) electrons. The van der Waals surface area contributed by atoms with E-state index in [4.69, 9.17) is 10.2 Å². The Morgan fingerprint density at radius 1 is 1.17 bits per heavy atom. The van der Waals surface area contributed by atoms with E-state index in [0.29, 0.717) is 24.1 Å². The Kier molecular flexibility index (Phi) is 7.86. The van der Waals surface area contributed by atoms with Gasteiger partial charge in [0.1, 0.15) is 0 Å². The highest BCUT2D eigenvalue weighted by Crippen LogP contribution is 2.37. The van der Waals surface area contributed by atoms with Crippen molar-refractivity contribution in [3.63, 3.8) is 0 Å². The van der Waals surface area contributed by atoms with Gasteiger partial charge in [-0.3, -0.25) is 10.1 Å². The molecule has 0 aliphatic carbocycles. The van der Waals surface area contributed by atoms with E-state index in [1.165, 1.54) is 17.7 Å². The number of carboxylic acids is 2. The molecule has 3 rings (SSSR count). The van der Waals surface area contributed by atoms with Crippen LogP contribution in [0, 0.1) is 10.1 Å². The molecule has 0 spiro atoms. The Hall–Kier alpha value is -2.78. The lowest BCUT2D eigenvalue weighted by Crippen LogP contribution is -2.37. The van der Waals surface area contributed by atoms with Crippen molar-refractivity contribution in [2.45, 2.75) is 38.6 Å². The molecule has 1 saturated heterocycles. The van der Waals surface area contributed by atoms with Crippen molar-refractivity contribution in [2.24, 2.45) is 0 Å². The molecule has 1 aliphatic heterocycles. The van der Waals surface area contributed by atoms with Crippen LogP contribution in [0.1, 0.15) is 37.5 Å². The van der Waals surface area contributed by atoms with Crippen LogP contribution < -0.4 is 0 Å². The quantitative estimate of drug-likeness (QED) is 0.424. The molecular weight excluding hydrogens is 396 g/mol. The van der Waals surface area contributed by atoms with Crippen molar-refractivity contribution in [3.8, 4) is 0 Å². The lowest BCUT2D eigenvalue weighted by Gasteiger charge is -2.34. The summed E-state index contributed by atoms with van der Waals surface area (Å²) in [5, 5.41) is 27.5. The first kappa shape index (κ1) is 22.5. The summed E-state index contributed by atoms with van der Waals surface area (Å²) in [6, 6.07) is 7.95. The first-order valence-corrected chi connectivity index (χ1v) is 10.0. The molecule has 0 atom stereocenters. The fraction of sp³-hybridized carbons (Fsp3) is 0.400. The second-order valence-corrected chi connectivity index (χ2v) is 8.16. The molecule has 0 amide bonds. The molecule has 2 aromatic rings. The maximum absolute atomic E-state index is 10.9. The molecule has 1 aromatic heterocycles. The summed E-state index contributed by atoms with van der Waals surface area (Å²) in [7, 11) is 0. The van der Waals surface area contributed by atoms with E-state index in [9.17, 15) is 19.7 Å². The van der Waals surface area contributed by atoms with Crippen molar-refractivity contribution in [1.29, 1.82) is 0 Å². The molecule has 2 N–H and O–H groups in total. The number of hydrogen-bond acceptors (Lipinski definition) is 6. The van der Waals surface area contributed by atoms with Gasteiger partial charge in [-0.25, -0.2) is 9.59 Å². The van der Waals surface area contributed by atoms with Gasteiger partial charge in [-0.05, 0) is 63.2 Å². The Morgan fingerprint density at radius 2 is 1.76 bits per heavy atom. The van der Waals surface area contributed by atoms with E-state index in [1.54, 1.807) is 23.5 Å². The highest BCUT2D eigenvalue weighted by Gasteiger charge is 2.23. The number of thiophene rings is 1. The number of carbonyl (C=O) groups is 2. The van der Waals surface area contributed by atoms with Crippen LogP contribution >= 0.6 is 11.3 Å². The van der Waals surface area contributed by atoms with Crippen molar-refractivity contribution in [3.05, 3.63) is 51.4 Å². The number of carboxylic acid groups (broad SMARTS) is 2. The second-order valence-electron chi connectivity index (χ2n) is 7.04. The maximum Gasteiger partial charge on any atom is 0.328 e. The molecule has 8 nitrogen and oxygen atoms in total. The third kappa shape index (κ3) is 6.65. The van der Waals surface area contributed by atoms with E-state index in [-0.39, 0.29) is 10.6 Å². The lowest BCUT2D eigenvalue weighted by atomic mass is 9.94. The first-order chi connectivity index (χ1) is 13.7. The van der Waals surface area contributed by atoms with Gasteiger partial charge in [-0.2, -0.15) is 0 Å². The summed E-state index contributed by atoms with van der Waals surface area (Å²) in [4.78, 5) is 33.5. The van der Waals surface area contributed by atoms with Gasteiger partial charge in [0.15, 0.2) is 0 Å². The topological polar surface area (TPSA) is 121 Å². The van der Waals surface area contributed by atoms with Crippen LogP contribution in [-0.2, 0) is 9.59 Å². The van der Waals surface area contributed by atoms with E-state index in [0.717, 1.165) is 23.2 Å². The molecule has 1 fully saturated rings. The van der Waals surface area contributed by atoms with Gasteiger partial charge in [0.2, 0.25) is 0 Å². The Labute approximate surface area is 172 Å². The van der Waals surface area contributed by atoms with Crippen molar-refractivity contribution < 1.29 is 24.7 Å². The second kappa shape index (κ2) is 10.1. The minimum absolute atomic E-state index is 0.182. The average Bonchev–Trinajstić information content (AvgIpc) is 3.10. The number of nitro benzene ring substituents is 1. The Bertz CT molecular complexity index is 897. The molecule has 2 heterocycles. The third-order valence-electron chi connectivity index (χ3n) is 4.76. The van der Waals surface area contributed by atoms with Crippen LogP contribution in [0.4, 0.5) is 5.69 Å². The predicted molar refractivity (Wildman–Crippen MR) is 112 cm³/mol. The predicted octanol–water partition coefficient (Wildman–Crippen LogP) is 4.11. The third-order valence-corrected chi connectivity index (χ3v) is 6.04. The summed E-state index contributed by atoms with van der Waals surface area (Å²) < 4.78 is 1.15.